The fraction of sp³-hybridized carbons (Fsp3) is 0.259. The van der Waals surface area contributed by atoms with Crippen molar-refractivity contribution in [1.82, 2.24) is 5.32 Å². The van der Waals surface area contributed by atoms with Crippen LogP contribution in [0.2, 0.25) is 0 Å². The number of hydrogen-bond acceptors (Lipinski definition) is 3. The van der Waals surface area contributed by atoms with Gasteiger partial charge in [0.15, 0.2) is 0 Å². The minimum Gasteiger partial charge on any atom is -0.488 e. The summed E-state index contributed by atoms with van der Waals surface area (Å²) in [5.41, 5.74) is 3.90. The van der Waals surface area contributed by atoms with Gasteiger partial charge in [0.25, 0.3) is 5.91 Å². The third-order valence-corrected chi connectivity index (χ3v) is 5.18. The standard InChI is InChI=1S/C27H29NO4/c1-4-20-15-21(26(29)28-16-18(2)3)13-14-22(20)25-23(27(30)31)11-8-12-24(25)32-17-19-9-6-5-7-10-19/h5-15,18H,4,16-17H2,1-3H3,(H,28,29)(H,30,31). The van der Waals surface area contributed by atoms with Gasteiger partial charge in [0.05, 0.1) is 5.56 Å². The summed E-state index contributed by atoms with van der Waals surface area (Å²) < 4.78 is 6.07. The molecule has 0 radical (unpaired) electrons. The van der Waals surface area contributed by atoms with Crippen molar-refractivity contribution < 1.29 is 19.4 Å². The summed E-state index contributed by atoms with van der Waals surface area (Å²) in [4.78, 5) is 24.6. The summed E-state index contributed by atoms with van der Waals surface area (Å²) in [5, 5.41) is 12.8. The summed E-state index contributed by atoms with van der Waals surface area (Å²) in [6.45, 7) is 7.00. The Labute approximate surface area is 189 Å². The van der Waals surface area contributed by atoms with Gasteiger partial charge in [-0.3, -0.25) is 4.79 Å². The monoisotopic (exact) mass is 431 g/mol. The average molecular weight is 432 g/mol. The molecule has 0 aliphatic heterocycles. The van der Waals surface area contributed by atoms with Crippen molar-refractivity contribution in [2.75, 3.05) is 6.54 Å². The molecule has 0 atom stereocenters. The maximum atomic E-state index is 12.5. The number of carbonyl (C=O) groups is 2. The van der Waals surface area contributed by atoms with Gasteiger partial charge >= 0.3 is 5.97 Å². The zero-order valence-corrected chi connectivity index (χ0v) is 18.7. The summed E-state index contributed by atoms with van der Waals surface area (Å²) >= 11 is 0. The normalized spacial score (nSPS) is 10.8. The van der Waals surface area contributed by atoms with Crippen LogP contribution >= 0.6 is 0 Å². The molecule has 3 aromatic carbocycles. The van der Waals surface area contributed by atoms with Gasteiger partial charge in [-0.15, -0.1) is 0 Å². The lowest BCUT2D eigenvalue weighted by atomic mass is 9.91. The molecule has 0 unspecified atom stereocenters. The van der Waals surface area contributed by atoms with Gasteiger partial charge in [-0.1, -0.05) is 63.2 Å². The first-order chi connectivity index (χ1) is 15.4. The molecule has 5 heteroatoms. The van der Waals surface area contributed by atoms with Crippen molar-refractivity contribution in [2.24, 2.45) is 5.92 Å². The van der Waals surface area contributed by atoms with Crippen molar-refractivity contribution in [2.45, 2.75) is 33.8 Å². The fourth-order valence-electron chi connectivity index (χ4n) is 3.51. The highest BCUT2D eigenvalue weighted by Crippen LogP contribution is 2.37. The quantitative estimate of drug-likeness (QED) is 0.464. The van der Waals surface area contributed by atoms with Gasteiger partial charge in [-0.2, -0.15) is 0 Å². The molecule has 1 amide bonds. The lowest BCUT2D eigenvalue weighted by molar-refractivity contribution is 0.0697. The number of aromatic carboxylic acids is 1. The Balaban J connectivity index is 2.01. The molecule has 3 rings (SSSR count). The molecule has 0 fully saturated rings. The Morgan fingerprint density at radius 2 is 1.75 bits per heavy atom. The van der Waals surface area contributed by atoms with E-state index in [2.05, 4.69) is 5.32 Å². The van der Waals surface area contributed by atoms with Crippen molar-refractivity contribution in [1.29, 1.82) is 0 Å². The maximum Gasteiger partial charge on any atom is 0.336 e. The van der Waals surface area contributed by atoms with E-state index in [1.807, 2.05) is 63.2 Å². The van der Waals surface area contributed by atoms with E-state index in [1.54, 1.807) is 24.3 Å². The van der Waals surface area contributed by atoms with Crippen LogP contribution in [-0.4, -0.2) is 23.5 Å². The number of hydrogen-bond donors (Lipinski definition) is 2. The fourth-order valence-corrected chi connectivity index (χ4v) is 3.51. The molecule has 166 valence electrons. The van der Waals surface area contributed by atoms with Crippen LogP contribution in [0.1, 0.15) is 52.6 Å². The summed E-state index contributed by atoms with van der Waals surface area (Å²) in [7, 11) is 0. The molecular formula is C27H29NO4. The molecule has 0 aromatic heterocycles. The van der Waals surface area contributed by atoms with Crippen LogP contribution < -0.4 is 10.1 Å². The molecule has 0 bridgehead atoms. The molecule has 0 heterocycles. The molecule has 32 heavy (non-hydrogen) atoms. The topological polar surface area (TPSA) is 75.6 Å². The van der Waals surface area contributed by atoms with E-state index < -0.39 is 5.97 Å². The first-order valence-electron chi connectivity index (χ1n) is 10.8. The van der Waals surface area contributed by atoms with E-state index in [-0.39, 0.29) is 11.5 Å². The maximum absolute atomic E-state index is 12.5. The van der Waals surface area contributed by atoms with E-state index in [0.717, 1.165) is 16.7 Å². The van der Waals surface area contributed by atoms with Crippen molar-refractivity contribution >= 4 is 11.9 Å². The number of ether oxygens (including phenoxy) is 1. The number of carboxylic acid groups (broad SMARTS) is 1. The third-order valence-electron chi connectivity index (χ3n) is 5.18. The smallest absolute Gasteiger partial charge is 0.336 e. The summed E-state index contributed by atoms with van der Waals surface area (Å²) in [5.74, 6) is -0.297. The van der Waals surface area contributed by atoms with Crippen molar-refractivity contribution in [3.8, 4) is 16.9 Å². The van der Waals surface area contributed by atoms with Gasteiger partial charge in [0.2, 0.25) is 0 Å². The number of amides is 1. The Morgan fingerprint density at radius 3 is 2.41 bits per heavy atom. The van der Waals surface area contributed by atoms with E-state index >= 15 is 0 Å². The van der Waals surface area contributed by atoms with E-state index in [0.29, 0.717) is 42.4 Å². The number of aryl methyl sites for hydroxylation is 1. The van der Waals surface area contributed by atoms with Gasteiger partial charge in [0.1, 0.15) is 12.4 Å². The van der Waals surface area contributed by atoms with Crippen LogP contribution in [0.5, 0.6) is 5.75 Å². The van der Waals surface area contributed by atoms with Crippen LogP contribution in [0, 0.1) is 5.92 Å². The minimum absolute atomic E-state index is 0.132. The van der Waals surface area contributed by atoms with E-state index in [4.69, 9.17) is 4.74 Å². The first kappa shape index (κ1) is 23.1. The molecule has 0 aliphatic carbocycles. The SMILES string of the molecule is CCc1cc(C(=O)NCC(C)C)ccc1-c1c(OCc2ccccc2)cccc1C(=O)O. The lowest BCUT2D eigenvalue weighted by Gasteiger charge is -2.18. The highest BCUT2D eigenvalue weighted by atomic mass is 16.5. The number of carboxylic acids is 1. The first-order valence-corrected chi connectivity index (χ1v) is 10.8. The lowest BCUT2D eigenvalue weighted by Crippen LogP contribution is -2.27. The van der Waals surface area contributed by atoms with E-state index in [1.165, 1.54) is 0 Å². The van der Waals surface area contributed by atoms with Crippen LogP contribution in [0.4, 0.5) is 0 Å². The Bertz CT molecular complexity index is 1090. The van der Waals surface area contributed by atoms with Crippen LogP contribution in [-0.2, 0) is 13.0 Å². The molecule has 0 spiro atoms. The van der Waals surface area contributed by atoms with Crippen LogP contribution in [0.25, 0.3) is 11.1 Å². The molecule has 0 saturated carbocycles. The Morgan fingerprint density at radius 1 is 1.00 bits per heavy atom. The van der Waals surface area contributed by atoms with Gasteiger partial charge in [-0.05, 0) is 53.3 Å². The zero-order chi connectivity index (χ0) is 23.1. The number of carbonyl (C=O) groups excluding carboxylic acids is 1. The Kier molecular flexibility index (Phi) is 7.66. The molecule has 0 saturated heterocycles. The summed E-state index contributed by atoms with van der Waals surface area (Å²) in [6.07, 6.45) is 0.646. The Hall–Kier alpha value is -3.60. The van der Waals surface area contributed by atoms with Crippen molar-refractivity contribution in [3.63, 3.8) is 0 Å². The van der Waals surface area contributed by atoms with Gasteiger partial charge in [0, 0.05) is 17.7 Å². The largest absolute Gasteiger partial charge is 0.488 e. The van der Waals surface area contributed by atoms with Gasteiger partial charge < -0.3 is 15.2 Å². The van der Waals surface area contributed by atoms with Gasteiger partial charge in [-0.25, -0.2) is 4.79 Å². The highest BCUT2D eigenvalue weighted by Gasteiger charge is 2.20. The summed E-state index contributed by atoms with van der Waals surface area (Å²) in [6, 6.07) is 20.2. The molecule has 5 nitrogen and oxygen atoms in total. The van der Waals surface area contributed by atoms with Crippen molar-refractivity contribution in [3.05, 3.63) is 89.0 Å². The number of benzene rings is 3. The average Bonchev–Trinajstić information content (AvgIpc) is 2.81. The van der Waals surface area contributed by atoms with E-state index in [9.17, 15) is 14.7 Å². The van der Waals surface area contributed by atoms with Crippen LogP contribution in [0.3, 0.4) is 0 Å². The molecular weight excluding hydrogens is 402 g/mol. The predicted octanol–water partition coefficient (Wildman–Crippen LogP) is 5.58. The number of nitrogens with one attached hydrogen (secondary N) is 1. The second kappa shape index (κ2) is 10.6. The minimum atomic E-state index is -1.02. The zero-order valence-electron chi connectivity index (χ0n) is 18.7. The molecule has 2 N–H and O–H groups in total. The second-order valence-corrected chi connectivity index (χ2v) is 8.09. The number of rotatable bonds is 9. The third kappa shape index (κ3) is 5.55. The van der Waals surface area contributed by atoms with Crippen LogP contribution in [0.15, 0.2) is 66.7 Å². The molecule has 0 aliphatic rings. The highest BCUT2D eigenvalue weighted by molar-refractivity contribution is 6.00. The predicted molar refractivity (Wildman–Crippen MR) is 126 cm³/mol. The second-order valence-electron chi connectivity index (χ2n) is 8.09. The molecule has 3 aromatic rings.